The van der Waals surface area contributed by atoms with Crippen LogP contribution in [-0.4, -0.2) is 31.9 Å². The molecule has 106 valence electrons. The van der Waals surface area contributed by atoms with Gasteiger partial charge in [0.15, 0.2) is 4.90 Å². The zero-order chi connectivity index (χ0) is 14.2. The highest BCUT2D eigenvalue weighted by Crippen LogP contribution is 2.33. The van der Waals surface area contributed by atoms with E-state index in [4.69, 9.17) is 5.73 Å². The summed E-state index contributed by atoms with van der Waals surface area (Å²) in [6, 6.07) is 0.421. The standard InChI is InChI=1S/C11H13F3N2O2S/c12-7-5-9(13)11(10(14)6-7)19(17,18)16(4-3-15)8-1-2-8/h5-6,8H,1-4,15H2. The summed E-state index contributed by atoms with van der Waals surface area (Å²) >= 11 is 0. The molecular weight excluding hydrogens is 281 g/mol. The average Bonchev–Trinajstić information content (AvgIpc) is 3.07. The van der Waals surface area contributed by atoms with E-state index >= 15 is 0 Å². The van der Waals surface area contributed by atoms with Gasteiger partial charge in [-0.05, 0) is 12.8 Å². The van der Waals surface area contributed by atoms with Crippen LogP contribution < -0.4 is 5.73 Å². The normalized spacial score (nSPS) is 16.1. The Balaban J connectivity index is 2.49. The zero-order valence-electron chi connectivity index (χ0n) is 9.94. The second-order valence-corrected chi connectivity index (χ2v) is 6.16. The molecule has 8 heteroatoms. The second kappa shape index (κ2) is 5.10. The van der Waals surface area contributed by atoms with Crippen LogP contribution in [0.5, 0.6) is 0 Å². The number of sulfonamides is 1. The SMILES string of the molecule is NCCN(C1CC1)S(=O)(=O)c1c(F)cc(F)cc1F. The van der Waals surface area contributed by atoms with E-state index in [1.807, 2.05) is 0 Å². The molecule has 1 aromatic rings. The van der Waals surface area contributed by atoms with Crippen molar-refractivity contribution in [1.82, 2.24) is 4.31 Å². The molecule has 0 unspecified atom stereocenters. The van der Waals surface area contributed by atoms with Crippen molar-refractivity contribution in [3.05, 3.63) is 29.6 Å². The average molecular weight is 294 g/mol. The summed E-state index contributed by atoms with van der Waals surface area (Å²) < 4.78 is 65.4. The van der Waals surface area contributed by atoms with Gasteiger partial charge in [-0.1, -0.05) is 0 Å². The third-order valence-electron chi connectivity index (χ3n) is 2.83. The Labute approximate surface area is 109 Å². The summed E-state index contributed by atoms with van der Waals surface area (Å²) in [5.74, 6) is -4.02. The predicted octanol–water partition coefficient (Wildman–Crippen LogP) is 1.22. The lowest BCUT2D eigenvalue weighted by Crippen LogP contribution is -2.38. The molecule has 1 aromatic carbocycles. The molecule has 0 aromatic heterocycles. The number of rotatable bonds is 5. The van der Waals surface area contributed by atoms with Crippen LogP contribution in [-0.2, 0) is 10.0 Å². The van der Waals surface area contributed by atoms with Gasteiger partial charge in [-0.15, -0.1) is 0 Å². The molecule has 4 nitrogen and oxygen atoms in total. The van der Waals surface area contributed by atoms with E-state index in [-0.39, 0.29) is 19.1 Å². The lowest BCUT2D eigenvalue weighted by atomic mass is 10.3. The first-order valence-electron chi connectivity index (χ1n) is 5.74. The van der Waals surface area contributed by atoms with Crippen molar-refractivity contribution >= 4 is 10.0 Å². The third-order valence-corrected chi connectivity index (χ3v) is 4.84. The lowest BCUT2D eigenvalue weighted by molar-refractivity contribution is 0.400. The molecule has 0 atom stereocenters. The highest BCUT2D eigenvalue weighted by Gasteiger charge is 2.40. The minimum Gasteiger partial charge on any atom is -0.329 e. The van der Waals surface area contributed by atoms with Gasteiger partial charge in [-0.3, -0.25) is 0 Å². The van der Waals surface area contributed by atoms with Gasteiger partial charge in [0.25, 0.3) is 0 Å². The van der Waals surface area contributed by atoms with Crippen molar-refractivity contribution in [3.8, 4) is 0 Å². The van der Waals surface area contributed by atoms with E-state index in [9.17, 15) is 21.6 Å². The Morgan fingerprint density at radius 3 is 2.16 bits per heavy atom. The molecule has 2 rings (SSSR count). The van der Waals surface area contributed by atoms with Crippen LogP contribution in [0.15, 0.2) is 17.0 Å². The molecule has 1 saturated carbocycles. The Hall–Kier alpha value is -1.12. The third kappa shape index (κ3) is 2.75. The van der Waals surface area contributed by atoms with Crippen LogP contribution in [0.1, 0.15) is 12.8 Å². The molecule has 2 N–H and O–H groups in total. The van der Waals surface area contributed by atoms with Gasteiger partial charge < -0.3 is 5.73 Å². The largest absolute Gasteiger partial charge is 0.329 e. The molecule has 19 heavy (non-hydrogen) atoms. The number of hydrogen-bond donors (Lipinski definition) is 1. The molecule has 1 aliphatic carbocycles. The van der Waals surface area contributed by atoms with E-state index in [2.05, 4.69) is 0 Å². The highest BCUT2D eigenvalue weighted by molar-refractivity contribution is 7.89. The van der Waals surface area contributed by atoms with Gasteiger partial charge >= 0.3 is 0 Å². The summed E-state index contributed by atoms with van der Waals surface area (Å²) in [5, 5.41) is 0. The first kappa shape index (κ1) is 14.3. The molecule has 0 heterocycles. The van der Waals surface area contributed by atoms with E-state index in [0.29, 0.717) is 25.0 Å². The fraction of sp³-hybridized carbons (Fsp3) is 0.455. The van der Waals surface area contributed by atoms with Gasteiger partial charge in [-0.25, -0.2) is 21.6 Å². The number of nitrogens with two attached hydrogens (primary N) is 1. The molecular formula is C11H13F3N2O2S. The van der Waals surface area contributed by atoms with Crippen molar-refractivity contribution in [2.75, 3.05) is 13.1 Å². The van der Waals surface area contributed by atoms with Crippen LogP contribution in [0.2, 0.25) is 0 Å². The number of benzene rings is 1. The Morgan fingerprint density at radius 1 is 1.21 bits per heavy atom. The molecule has 0 amide bonds. The van der Waals surface area contributed by atoms with E-state index < -0.39 is 32.4 Å². The van der Waals surface area contributed by atoms with E-state index in [1.165, 1.54) is 0 Å². The lowest BCUT2D eigenvalue weighted by Gasteiger charge is -2.21. The number of halogens is 3. The molecule has 0 bridgehead atoms. The highest BCUT2D eigenvalue weighted by atomic mass is 32.2. The van der Waals surface area contributed by atoms with Gasteiger partial charge in [0, 0.05) is 31.3 Å². The van der Waals surface area contributed by atoms with Crippen molar-refractivity contribution in [2.24, 2.45) is 5.73 Å². The first-order valence-corrected chi connectivity index (χ1v) is 7.18. The second-order valence-electron chi connectivity index (χ2n) is 4.33. The maximum Gasteiger partial charge on any atom is 0.249 e. The summed E-state index contributed by atoms with van der Waals surface area (Å²) in [4.78, 5) is -1.12. The first-order chi connectivity index (χ1) is 8.87. The topological polar surface area (TPSA) is 63.4 Å². The molecule has 0 saturated heterocycles. The monoisotopic (exact) mass is 294 g/mol. The van der Waals surface area contributed by atoms with Gasteiger partial charge in [-0.2, -0.15) is 4.31 Å². The van der Waals surface area contributed by atoms with Crippen molar-refractivity contribution in [1.29, 1.82) is 0 Å². The Morgan fingerprint density at radius 2 is 1.74 bits per heavy atom. The summed E-state index contributed by atoms with van der Waals surface area (Å²) in [6.45, 7) is 0.0173. The minimum atomic E-state index is -4.34. The van der Waals surface area contributed by atoms with Crippen molar-refractivity contribution in [3.63, 3.8) is 0 Å². The van der Waals surface area contributed by atoms with Crippen molar-refractivity contribution < 1.29 is 21.6 Å². The molecule has 0 spiro atoms. The fourth-order valence-corrected chi connectivity index (χ4v) is 3.68. The van der Waals surface area contributed by atoms with Gasteiger partial charge in [0.05, 0.1) is 0 Å². The minimum absolute atomic E-state index is 0.0245. The van der Waals surface area contributed by atoms with Crippen LogP contribution in [0.3, 0.4) is 0 Å². The van der Waals surface area contributed by atoms with Crippen LogP contribution in [0, 0.1) is 17.5 Å². The van der Waals surface area contributed by atoms with Crippen LogP contribution in [0.4, 0.5) is 13.2 Å². The molecule has 0 radical (unpaired) electrons. The number of hydrogen-bond acceptors (Lipinski definition) is 3. The van der Waals surface area contributed by atoms with E-state index in [1.54, 1.807) is 0 Å². The smallest absolute Gasteiger partial charge is 0.249 e. The van der Waals surface area contributed by atoms with Crippen LogP contribution >= 0.6 is 0 Å². The number of nitrogens with zero attached hydrogens (tertiary/aromatic N) is 1. The van der Waals surface area contributed by atoms with Crippen LogP contribution in [0.25, 0.3) is 0 Å². The summed E-state index contributed by atoms with van der Waals surface area (Å²) in [5.41, 5.74) is 5.32. The van der Waals surface area contributed by atoms with Crippen molar-refractivity contribution in [2.45, 2.75) is 23.8 Å². The molecule has 1 fully saturated rings. The maximum absolute atomic E-state index is 13.6. The molecule has 0 aliphatic heterocycles. The predicted molar refractivity (Wildman–Crippen MR) is 62.3 cm³/mol. The van der Waals surface area contributed by atoms with Gasteiger partial charge in [0.2, 0.25) is 10.0 Å². The maximum atomic E-state index is 13.6. The Kier molecular flexibility index (Phi) is 3.84. The summed E-state index contributed by atoms with van der Waals surface area (Å²) in [6.07, 6.45) is 1.26. The van der Waals surface area contributed by atoms with Gasteiger partial charge in [0.1, 0.15) is 17.5 Å². The summed E-state index contributed by atoms with van der Waals surface area (Å²) in [7, 11) is -4.34. The Bertz CT molecular complexity index is 565. The molecule has 1 aliphatic rings. The fourth-order valence-electron chi connectivity index (χ4n) is 1.88. The zero-order valence-corrected chi connectivity index (χ0v) is 10.8. The quantitative estimate of drug-likeness (QED) is 0.888. The van der Waals surface area contributed by atoms with E-state index in [0.717, 1.165) is 4.31 Å².